The van der Waals surface area contributed by atoms with Gasteiger partial charge in [0.1, 0.15) is 33.3 Å². The summed E-state index contributed by atoms with van der Waals surface area (Å²) in [5, 5.41) is 4.97. The van der Waals surface area contributed by atoms with Gasteiger partial charge >= 0.3 is 11.6 Å². The van der Waals surface area contributed by atoms with Crippen molar-refractivity contribution in [1.82, 2.24) is 0 Å². The van der Waals surface area contributed by atoms with Crippen LogP contribution in [-0.4, -0.2) is 25.6 Å². The molecule has 0 fully saturated rings. The van der Waals surface area contributed by atoms with E-state index in [0.717, 1.165) is 11.3 Å². The summed E-state index contributed by atoms with van der Waals surface area (Å²) >= 11 is 1.09. The zero-order valence-electron chi connectivity index (χ0n) is 17.6. The molecule has 2 aromatic carbocycles. The van der Waals surface area contributed by atoms with Gasteiger partial charge in [0.2, 0.25) is 0 Å². The molecule has 1 N–H and O–H groups in total. The molecule has 0 aliphatic carbocycles. The van der Waals surface area contributed by atoms with Crippen molar-refractivity contribution >= 4 is 39.2 Å². The van der Waals surface area contributed by atoms with Crippen LogP contribution in [0.4, 0.5) is 9.39 Å². The number of amides is 1. The second kappa shape index (κ2) is 9.25. The van der Waals surface area contributed by atoms with Crippen LogP contribution in [0.2, 0.25) is 0 Å². The van der Waals surface area contributed by atoms with Crippen LogP contribution < -0.4 is 15.7 Å². The zero-order valence-corrected chi connectivity index (χ0v) is 18.5. The number of methoxy groups -OCH3 is 1. The van der Waals surface area contributed by atoms with Crippen molar-refractivity contribution in [2.75, 3.05) is 19.0 Å². The summed E-state index contributed by atoms with van der Waals surface area (Å²) in [7, 11) is 1.50. The van der Waals surface area contributed by atoms with Crippen LogP contribution in [0.25, 0.3) is 22.1 Å². The van der Waals surface area contributed by atoms with Crippen LogP contribution in [0.15, 0.2) is 63.1 Å². The molecule has 0 aliphatic heterocycles. The maximum absolute atomic E-state index is 13.4. The van der Waals surface area contributed by atoms with Gasteiger partial charge in [0, 0.05) is 16.3 Å². The Bertz CT molecular complexity index is 1410. The van der Waals surface area contributed by atoms with E-state index in [1.54, 1.807) is 30.5 Å². The largest absolute Gasteiger partial charge is 0.497 e. The fourth-order valence-corrected chi connectivity index (χ4v) is 4.21. The second-order valence-corrected chi connectivity index (χ2v) is 7.77. The number of halogens is 1. The fraction of sp³-hybridized carbons (Fsp3) is 0.125. The first-order valence-corrected chi connectivity index (χ1v) is 10.8. The first-order chi connectivity index (χ1) is 15.9. The average Bonchev–Trinajstić information content (AvgIpc) is 3.22. The van der Waals surface area contributed by atoms with Crippen LogP contribution >= 0.6 is 11.3 Å². The molecule has 168 valence electrons. The van der Waals surface area contributed by atoms with Crippen molar-refractivity contribution in [3.8, 4) is 16.9 Å². The van der Waals surface area contributed by atoms with E-state index in [1.807, 2.05) is 0 Å². The third kappa shape index (κ3) is 4.49. The standard InChI is InChI=1S/C24H18FNO6S/c1-3-31-24(29)20-18(13-4-6-15(25)7-5-13)12-33-22(20)26-21(27)17-11-14-10-16(30-2)8-9-19(14)32-23(17)28/h4-12H,3H2,1-2H3,(H,26,27). The molecule has 7 nitrogen and oxygen atoms in total. The van der Waals surface area contributed by atoms with E-state index >= 15 is 0 Å². The topological polar surface area (TPSA) is 94.8 Å². The number of thiophene rings is 1. The molecule has 0 bridgehead atoms. The molecule has 33 heavy (non-hydrogen) atoms. The quantitative estimate of drug-likeness (QED) is 0.313. The number of hydrogen-bond donors (Lipinski definition) is 1. The molecular weight excluding hydrogens is 449 g/mol. The Labute approximate surface area is 191 Å². The minimum atomic E-state index is -0.821. The smallest absolute Gasteiger partial charge is 0.349 e. The fourth-order valence-electron chi connectivity index (χ4n) is 3.25. The van der Waals surface area contributed by atoms with Crippen LogP contribution in [0.3, 0.4) is 0 Å². The molecule has 2 aromatic heterocycles. The highest BCUT2D eigenvalue weighted by molar-refractivity contribution is 7.15. The molecule has 1 amide bonds. The second-order valence-electron chi connectivity index (χ2n) is 6.89. The Morgan fingerprint density at radius 1 is 1.12 bits per heavy atom. The number of anilines is 1. The predicted molar refractivity (Wildman–Crippen MR) is 123 cm³/mol. The average molecular weight is 467 g/mol. The third-order valence-corrected chi connectivity index (χ3v) is 5.73. The molecule has 0 unspecified atom stereocenters. The van der Waals surface area contributed by atoms with Crippen molar-refractivity contribution in [3.05, 3.63) is 81.3 Å². The molecule has 0 saturated heterocycles. The predicted octanol–water partition coefficient (Wildman–Crippen LogP) is 5.10. The Balaban J connectivity index is 1.73. The van der Waals surface area contributed by atoms with E-state index in [9.17, 15) is 18.8 Å². The van der Waals surface area contributed by atoms with E-state index in [4.69, 9.17) is 13.9 Å². The van der Waals surface area contributed by atoms with Gasteiger partial charge in [-0.05, 0) is 48.9 Å². The van der Waals surface area contributed by atoms with Gasteiger partial charge < -0.3 is 19.2 Å². The summed E-state index contributed by atoms with van der Waals surface area (Å²) in [6.45, 7) is 1.79. The number of ether oxygens (including phenoxy) is 2. The van der Waals surface area contributed by atoms with Crippen molar-refractivity contribution in [2.24, 2.45) is 0 Å². The van der Waals surface area contributed by atoms with Crippen molar-refractivity contribution in [1.29, 1.82) is 0 Å². The van der Waals surface area contributed by atoms with Crippen molar-refractivity contribution in [2.45, 2.75) is 6.92 Å². The van der Waals surface area contributed by atoms with E-state index in [2.05, 4.69) is 5.32 Å². The molecule has 0 spiro atoms. The number of rotatable bonds is 6. The van der Waals surface area contributed by atoms with Gasteiger partial charge in [-0.3, -0.25) is 4.79 Å². The van der Waals surface area contributed by atoms with Gasteiger partial charge in [0.05, 0.1) is 13.7 Å². The van der Waals surface area contributed by atoms with Gasteiger partial charge in [-0.1, -0.05) is 12.1 Å². The number of fused-ring (bicyclic) bond motifs is 1. The van der Waals surface area contributed by atoms with Crippen molar-refractivity contribution < 1.29 is 27.9 Å². The van der Waals surface area contributed by atoms with Gasteiger partial charge in [-0.2, -0.15) is 0 Å². The van der Waals surface area contributed by atoms with E-state index < -0.39 is 23.3 Å². The number of carbonyl (C=O) groups is 2. The Kier molecular flexibility index (Phi) is 6.23. The van der Waals surface area contributed by atoms with Crippen LogP contribution in [0.5, 0.6) is 5.75 Å². The summed E-state index contributed by atoms with van der Waals surface area (Å²) in [4.78, 5) is 38.1. The highest BCUT2D eigenvalue weighted by Gasteiger charge is 2.24. The number of carbonyl (C=O) groups excluding carboxylic acids is 2. The molecule has 4 rings (SSSR count). The van der Waals surface area contributed by atoms with E-state index in [1.165, 1.54) is 37.4 Å². The SMILES string of the molecule is CCOC(=O)c1c(-c2ccc(F)cc2)csc1NC(=O)c1cc2cc(OC)ccc2oc1=O. The van der Waals surface area contributed by atoms with Gasteiger partial charge in [-0.15, -0.1) is 11.3 Å². The molecule has 9 heteroatoms. The molecule has 4 aromatic rings. The number of nitrogens with one attached hydrogen (secondary N) is 1. The maximum atomic E-state index is 13.4. The first-order valence-electron chi connectivity index (χ1n) is 9.89. The normalized spacial score (nSPS) is 10.8. The summed E-state index contributed by atoms with van der Waals surface area (Å²) in [6.07, 6.45) is 0. The minimum absolute atomic E-state index is 0.119. The van der Waals surface area contributed by atoms with Crippen LogP contribution in [-0.2, 0) is 4.74 Å². The highest BCUT2D eigenvalue weighted by Crippen LogP contribution is 2.36. The van der Waals surface area contributed by atoms with Gasteiger partial charge in [-0.25, -0.2) is 14.0 Å². The molecular formula is C24H18FNO6S. The third-order valence-electron chi connectivity index (χ3n) is 4.84. The van der Waals surface area contributed by atoms with E-state index in [0.29, 0.717) is 27.8 Å². The van der Waals surface area contributed by atoms with Crippen LogP contribution in [0.1, 0.15) is 27.6 Å². The molecule has 0 saturated carbocycles. The Hall–Kier alpha value is -3.98. The lowest BCUT2D eigenvalue weighted by Gasteiger charge is -2.09. The molecule has 2 heterocycles. The Morgan fingerprint density at radius 3 is 2.58 bits per heavy atom. The minimum Gasteiger partial charge on any atom is -0.497 e. The lowest BCUT2D eigenvalue weighted by atomic mass is 10.0. The van der Waals surface area contributed by atoms with Gasteiger partial charge in [0.15, 0.2) is 0 Å². The van der Waals surface area contributed by atoms with Crippen LogP contribution in [0, 0.1) is 5.82 Å². The molecule has 0 aliphatic rings. The summed E-state index contributed by atoms with van der Waals surface area (Å²) in [5.41, 5.74) is 0.422. The lowest BCUT2D eigenvalue weighted by Crippen LogP contribution is -2.21. The lowest BCUT2D eigenvalue weighted by molar-refractivity contribution is 0.0529. The Morgan fingerprint density at radius 2 is 1.88 bits per heavy atom. The summed E-state index contributed by atoms with van der Waals surface area (Å²) in [5.74, 6) is -1.27. The number of esters is 1. The molecule has 0 radical (unpaired) electrons. The zero-order chi connectivity index (χ0) is 23.5. The van der Waals surface area contributed by atoms with Crippen molar-refractivity contribution in [3.63, 3.8) is 0 Å². The van der Waals surface area contributed by atoms with E-state index in [-0.39, 0.29) is 22.7 Å². The summed E-state index contributed by atoms with van der Waals surface area (Å²) in [6, 6.07) is 11.8. The monoisotopic (exact) mass is 467 g/mol. The van der Waals surface area contributed by atoms with Gasteiger partial charge in [0.25, 0.3) is 5.91 Å². The molecule has 0 atom stereocenters. The first kappa shape index (κ1) is 22.2. The maximum Gasteiger partial charge on any atom is 0.349 e. The number of benzene rings is 2. The summed E-state index contributed by atoms with van der Waals surface area (Å²) < 4.78 is 28.9. The highest BCUT2D eigenvalue weighted by atomic mass is 32.1. The number of hydrogen-bond acceptors (Lipinski definition) is 7.